The Balaban J connectivity index is 1.39. The number of halogens is 1. The van der Waals surface area contributed by atoms with Crippen molar-refractivity contribution in [2.45, 2.75) is 19.3 Å². The van der Waals surface area contributed by atoms with Crippen molar-refractivity contribution in [3.63, 3.8) is 0 Å². The Labute approximate surface area is 166 Å². The summed E-state index contributed by atoms with van der Waals surface area (Å²) in [4.78, 5) is 28.8. The van der Waals surface area contributed by atoms with E-state index in [0.717, 1.165) is 60.3 Å². The zero-order valence-electron chi connectivity index (χ0n) is 14.6. The fourth-order valence-electron chi connectivity index (χ4n) is 3.53. The Bertz CT molecular complexity index is 768. The molecule has 2 aromatic heterocycles. The second-order valence-electron chi connectivity index (χ2n) is 6.69. The van der Waals surface area contributed by atoms with Gasteiger partial charge in [0.15, 0.2) is 0 Å². The molecule has 26 heavy (non-hydrogen) atoms. The molecule has 2 aliphatic rings. The lowest BCUT2D eigenvalue weighted by Gasteiger charge is -2.35. The summed E-state index contributed by atoms with van der Waals surface area (Å²) >= 11 is 4.91. The standard InChI is InChI=1S/C18H22BrN5OS/c19-14-10-15(26-12-14)18(25)24-8-6-23(7-9-24)17-11-16(20-13-21-17)22-4-2-1-3-5-22/h10-13H,1-9H2. The topological polar surface area (TPSA) is 52.6 Å². The quantitative estimate of drug-likeness (QED) is 0.740. The SMILES string of the molecule is O=C(c1cc(Br)cs1)N1CCN(c2cc(N3CCCCC3)ncn2)CC1. The van der Waals surface area contributed by atoms with Crippen LogP contribution in [0.3, 0.4) is 0 Å². The van der Waals surface area contributed by atoms with Crippen molar-refractivity contribution in [2.75, 3.05) is 49.1 Å². The first-order valence-corrected chi connectivity index (χ1v) is 10.7. The number of hydrogen-bond donors (Lipinski definition) is 0. The number of anilines is 2. The number of amides is 1. The molecule has 0 atom stereocenters. The summed E-state index contributed by atoms with van der Waals surface area (Å²) in [7, 11) is 0. The van der Waals surface area contributed by atoms with Crippen LogP contribution in [-0.4, -0.2) is 60.0 Å². The van der Waals surface area contributed by atoms with E-state index in [-0.39, 0.29) is 5.91 Å². The normalized spacial score (nSPS) is 18.3. The Morgan fingerprint density at radius 2 is 1.58 bits per heavy atom. The number of rotatable bonds is 3. The van der Waals surface area contributed by atoms with Gasteiger partial charge >= 0.3 is 0 Å². The highest BCUT2D eigenvalue weighted by Gasteiger charge is 2.24. The van der Waals surface area contributed by atoms with E-state index < -0.39 is 0 Å². The number of carbonyl (C=O) groups excluding carboxylic acids is 1. The van der Waals surface area contributed by atoms with Crippen LogP contribution < -0.4 is 9.80 Å². The molecule has 0 unspecified atom stereocenters. The van der Waals surface area contributed by atoms with Gasteiger partial charge in [-0.3, -0.25) is 4.79 Å². The summed E-state index contributed by atoms with van der Waals surface area (Å²) in [6, 6.07) is 3.99. The molecular weight excluding hydrogens is 414 g/mol. The number of piperidine rings is 1. The first kappa shape index (κ1) is 17.7. The number of hydrogen-bond acceptors (Lipinski definition) is 6. The van der Waals surface area contributed by atoms with Gasteiger partial charge in [-0.2, -0.15) is 0 Å². The van der Waals surface area contributed by atoms with Gasteiger partial charge in [0.1, 0.15) is 18.0 Å². The summed E-state index contributed by atoms with van der Waals surface area (Å²) in [6.07, 6.45) is 5.45. The van der Waals surface area contributed by atoms with Gasteiger partial charge in [0, 0.05) is 55.2 Å². The Kier molecular flexibility index (Phi) is 5.40. The van der Waals surface area contributed by atoms with Crippen LogP contribution in [-0.2, 0) is 0 Å². The number of thiophene rings is 1. The smallest absolute Gasteiger partial charge is 0.264 e. The van der Waals surface area contributed by atoms with Crippen molar-refractivity contribution in [1.82, 2.24) is 14.9 Å². The van der Waals surface area contributed by atoms with Gasteiger partial charge in [-0.05, 0) is 41.3 Å². The summed E-state index contributed by atoms with van der Waals surface area (Å²) in [6.45, 7) is 5.20. The fraction of sp³-hybridized carbons (Fsp3) is 0.500. The van der Waals surface area contributed by atoms with E-state index >= 15 is 0 Å². The average Bonchev–Trinajstić information content (AvgIpc) is 3.15. The second-order valence-corrected chi connectivity index (χ2v) is 8.52. The first-order valence-electron chi connectivity index (χ1n) is 9.06. The van der Waals surface area contributed by atoms with E-state index in [0.29, 0.717) is 0 Å². The molecule has 2 saturated heterocycles. The summed E-state index contributed by atoms with van der Waals surface area (Å²) in [5.41, 5.74) is 0. The van der Waals surface area contributed by atoms with Crippen molar-refractivity contribution in [3.05, 3.63) is 33.2 Å². The molecule has 138 valence electrons. The molecule has 0 aliphatic carbocycles. The minimum absolute atomic E-state index is 0.122. The summed E-state index contributed by atoms with van der Waals surface area (Å²) < 4.78 is 0.968. The van der Waals surface area contributed by atoms with E-state index in [4.69, 9.17) is 0 Å². The average molecular weight is 436 g/mol. The molecule has 0 spiro atoms. The van der Waals surface area contributed by atoms with E-state index in [1.807, 2.05) is 16.3 Å². The second kappa shape index (κ2) is 7.92. The minimum Gasteiger partial charge on any atom is -0.356 e. The van der Waals surface area contributed by atoms with E-state index in [1.165, 1.54) is 30.6 Å². The Morgan fingerprint density at radius 3 is 2.19 bits per heavy atom. The Morgan fingerprint density at radius 1 is 0.923 bits per heavy atom. The van der Waals surface area contributed by atoms with Crippen LogP contribution in [0.25, 0.3) is 0 Å². The number of aromatic nitrogens is 2. The highest BCUT2D eigenvalue weighted by molar-refractivity contribution is 9.10. The maximum atomic E-state index is 12.6. The van der Waals surface area contributed by atoms with Gasteiger partial charge in [0.05, 0.1) is 4.88 Å². The molecule has 6 nitrogen and oxygen atoms in total. The first-order chi connectivity index (χ1) is 12.7. The van der Waals surface area contributed by atoms with Crippen LogP contribution in [0.5, 0.6) is 0 Å². The molecular formula is C18H22BrN5OS. The zero-order valence-corrected chi connectivity index (χ0v) is 17.0. The third kappa shape index (κ3) is 3.86. The number of nitrogens with zero attached hydrogens (tertiary/aromatic N) is 5. The van der Waals surface area contributed by atoms with Crippen LogP contribution in [0, 0.1) is 0 Å². The van der Waals surface area contributed by atoms with Crippen LogP contribution in [0.4, 0.5) is 11.6 Å². The summed E-state index contributed by atoms with van der Waals surface area (Å²) in [5, 5.41) is 1.95. The fourth-order valence-corrected chi connectivity index (χ4v) is 4.92. The van der Waals surface area contributed by atoms with E-state index in [2.05, 4.69) is 41.8 Å². The molecule has 8 heteroatoms. The molecule has 0 radical (unpaired) electrons. The lowest BCUT2D eigenvalue weighted by molar-refractivity contribution is 0.0751. The number of carbonyl (C=O) groups is 1. The monoisotopic (exact) mass is 435 g/mol. The number of piperazine rings is 1. The van der Waals surface area contributed by atoms with E-state index in [9.17, 15) is 4.79 Å². The van der Waals surface area contributed by atoms with Gasteiger partial charge in [0.2, 0.25) is 0 Å². The minimum atomic E-state index is 0.122. The molecule has 0 saturated carbocycles. The molecule has 1 amide bonds. The lowest BCUT2D eigenvalue weighted by atomic mass is 10.1. The van der Waals surface area contributed by atoms with Gasteiger partial charge in [-0.1, -0.05) is 0 Å². The van der Waals surface area contributed by atoms with E-state index in [1.54, 1.807) is 6.33 Å². The van der Waals surface area contributed by atoms with Crippen molar-refractivity contribution in [2.24, 2.45) is 0 Å². The lowest BCUT2D eigenvalue weighted by Crippen LogP contribution is -2.49. The zero-order chi connectivity index (χ0) is 17.9. The van der Waals surface area contributed by atoms with Crippen molar-refractivity contribution in [3.8, 4) is 0 Å². The van der Waals surface area contributed by atoms with Crippen LogP contribution in [0.1, 0.15) is 28.9 Å². The highest BCUT2D eigenvalue weighted by atomic mass is 79.9. The maximum absolute atomic E-state index is 12.6. The molecule has 0 N–H and O–H groups in total. The highest BCUT2D eigenvalue weighted by Crippen LogP contribution is 2.24. The van der Waals surface area contributed by atoms with Crippen molar-refractivity contribution in [1.29, 1.82) is 0 Å². The molecule has 2 aliphatic heterocycles. The molecule has 0 bridgehead atoms. The van der Waals surface area contributed by atoms with Crippen LogP contribution in [0.15, 0.2) is 28.3 Å². The largest absolute Gasteiger partial charge is 0.356 e. The van der Waals surface area contributed by atoms with Crippen LogP contribution >= 0.6 is 27.3 Å². The molecule has 2 fully saturated rings. The van der Waals surface area contributed by atoms with Gasteiger partial charge in [-0.25, -0.2) is 9.97 Å². The molecule has 0 aromatic carbocycles. The molecule has 2 aromatic rings. The third-order valence-electron chi connectivity index (χ3n) is 4.99. The van der Waals surface area contributed by atoms with Gasteiger partial charge in [-0.15, -0.1) is 11.3 Å². The maximum Gasteiger partial charge on any atom is 0.264 e. The predicted octanol–water partition coefficient (Wildman–Crippen LogP) is 3.25. The van der Waals surface area contributed by atoms with Crippen LogP contribution in [0.2, 0.25) is 0 Å². The van der Waals surface area contributed by atoms with Gasteiger partial charge in [0.25, 0.3) is 5.91 Å². The third-order valence-corrected chi connectivity index (χ3v) is 6.67. The molecule has 4 heterocycles. The van der Waals surface area contributed by atoms with Crippen molar-refractivity contribution < 1.29 is 4.79 Å². The Hall–Kier alpha value is -1.67. The predicted molar refractivity (Wildman–Crippen MR) is 108 cm³/mol. The van der Waals surface area contributed by atoms with Gasteiger partial charge < -0.3 is 14.7 Å². The summed E-state index contributed by atoms with van der Waals surface area (Å²) in [5.74, 6) is 2.11. The molecule has 4 rings (SSSR count). The van der Waals surface area contributed by atoms with Crippen molar-refractivity contribution >= 4 is 44.8 Å².